The fourth-order valence-corrected chi connectivity index (χ4v) is 1.80. The second-order valence-corrected chi connectivity index (χ2v) is 4.07. The molecule has 0 atom stereocenters. The van der Waals surface area contributed by atoms with Crippen molar-refractivity contribution in [3.05, 3.63) is 47.4 Å². The molecule has 3 aromatic heterocycles. The number of nitrogens with zero attached hydrogens (tertiary/aromatic N) is 2. The van der Waals surface area contributed by atoms with Crippen molar-refractivity contribution in [3.8, 4) is 11.5 Å². The first-order valence-corrected chi connectivity index (χ1v) is 5.31. The predicted molar refractivity (Wildman–Crippen MR) is 62.6 cm³/mol. The molecule has 0 aliphatic rings. The van der Waals surface area contributed by atoms with Crippen molar-refractivity contribution in [2.24, 2.45) is 0 Å². The highest BCUT2D eigenvalue weighted by Gasteiger charge is 2.08. The van der Waals surface area contributed by atoms with Gasteiger partial charge in [0.2, 0.25) is 0 Å². The van der Waals surface area contributed by atoms with Crippen LogP contribution in [-0.4, -0.2) is 9.38 Å². The van der Waals surface area contributed by atoms with E-state index in [9.17, 15) is 0 Å². The number of fused-ring (bicyclic) bond motifs is 1. The minimum Gasteiger partial charge on any atom is -0.443 e. The van der Waals surface area contributed by atoms with Gasteiger partial charge in [0.05, 0.1) is 0 Å². The van der Waals surface area contributed by atoms with Gasteiger partial charge in [0.25, 0.3) is 0 Å². The highest BCUT2D eigenvalue weighted by atomic mass is 35.5. The van der Waals surface area contributed by atoms with Crippen molar-refractivity contribution in [2.45, 2.75) is 6.92 Å². The molecule has 0 aromatic carbocycles. The number of hydrogen-bond donors (Lipinski definition) is 0. The molecule has 0 radical (unpaired) electrons. The van der Waals surface area contributed by atoms with Crippen molar-refractivity contribution in [1.82, 2.24) is 9.38 Å². The molecule has 3 rings (SSSR count). The molecule has 0 aliphatic carbocycles. The number of hydrogen-bond acceptors (Lipinski definition) is 2. The summed E-state index contributed by atoms with van der Waals surface area (Å²) in [4.78, 5) is 4.47. The van der Waals surface area contributed by atoms with Crippen molar-refractivity contribution in [3.63, 3.8) is 0 Å². The number of halogens is 1. The summed E-state index contributed by atoms with van der Waals surface area (Å²) in [5, 5.41) is 0.378. The Hall–Kier alpha value is -1.74. The van der Waals surface area contributed by atoms with Crippen molar-refractivity contribution >= 4 is 17.2 Å². The molecule has 0 amide bonds. The third-order valence-corrected chi connectivity index (χ3v) is 2.64. The maximum absolute atomic E-state index is 5.73. The quantitative estimate of drug-likeness (QED) is 0.642. The second kappa shape index (κ2) is 3.39. The van der Waals surface area contributed by atoms with Crippen LogP contribution in [0.1, 0.15) is 5.56 Å². The zero-order valence-corrected chi connectivity index (χ0v) is 9.40. The summed E-state index contributed by atoms with van der Waals surface area (Å²) in [5.74, 6) is 0.686. The van der Waals surface area contributed by atoms with Crippen molar-refractivity contribution in [1.29, 1.82) is 0 Å². The Labute approximate surface area is 97.3 Å². The first kappa shape index (κ1) is 9.48. The largest absolute Gasteiger partial charge is 0.443 e. The number of imidazole rings is 1. The lowest BCUT2D eigenvalue weighted by molar-refractivity contribution is 0.582. The Kier molecular flexibility index (Phi) is 2.01. The molecule has 0 saturated heterocycles. The summed E-state index contributed by atoms with van der Waals surface area (Å²) in [5.41, 5.74) is 2.88. The van der Waals surface area contributed by atoms with Gasteiger partial charge in [-0.1, -0.05) is 0 Å². The molecule has 0 saturated carbocycles. The summed E-state index contributed by atoms with van der Waals surface area (Å²) in [6.45, 7) is 2.04. The van der Waals surface area contributed by atoms with Gasteiger partial charge in [0, 0.05) is 12.4 Å². The Morgan fingerprint density at radius 2 is 2.19 bits per heavy atom. The van der Waals surface area contributed by atoms with Crippen LogP contribution in [0.5, 0.6) is 0 Å². The lowest BCUT2D eigenvalue weighted by atomic mass is 10.3. The van der Waals surface area contributed by atoms with Gasteiger partial charge in [-0.25, -0.2) is 4.98 Å². The van der Waals surface area contributed by atoms with Crippen LogP contribution in [0.15, 0.2) is 41.1 Å². The van der Waals surface area contributed by atoms with E-state index < -0.39 is 0 Å². The highest BCUT2D eigenvalue weighted by Crippen LogP contribution is 2.24. The molecular weight excluding hydrogens is 224 g/mol. The molecule has 3 aromatic rings. The summed E-state index contributed by atoms with van der Waals surface area (Å²) in [7, 11) is 0. The molecular formula is C12H9ClN2O. The standard InChI is InChI=1S/C12H9ClN2O/c1-8-4-5-15-7-9(14-12(15)6-8)10-2-3-11(13)16-10/h2-7H,1H3. The first-order chi connectivity index (χ1) is 7.72. The molecule has 3 nitrogen and oxygen atoms in total. The van der Waals surface area contributed by atoms with E-state index in [1.54, 1.807) is 6.07 Å². The minimum atomic E-state index is 0.378. The normalized spacial score (nSPS) is 11.1. The number of furan rings is 1. The highest BCUT2D eigenvalue weighted by molar-refractivity contribution is 6.28. The van der Waals surface area contributed by atoms with E-state index in [1.807, 2.05) is 41.9 Å². The molecule has 16 heavy (non-hydrogen) atoms. The molecule has 3 heterocycles. The maximum atomic E-state index is 5.73. The molecule has 0 fully saturated rings. The van der Waals surface area contributed by atoms with E-state index in [1.165, 1.54) is 5.56 Å². The van der Waals surface area contributed by atoms with Crippen molar-refractivity contribution < 1.29 is 4.42 Å². The van der Waals surface area contributed by atoms with E-state index in [0.29, 0.717) is 11.0 Å². The third-order valence-electron chi connectivity index (χ3n) is 2.44. The van der Waals surface area contributed by atoms with E-state index in [-0.39, 0.29) is 0 Å². The summed E-state index contributed by atoms with van der Waals surface area (Å²) >= 11 is 5.73. The van der Waals surface area contributed by atoms with Gasteiger partial charge in [-0.05, 0) is 48.4 Å². The van der Waals surface area contributed by atoms with E-state index >= 15 is 0 Å². The van der Waals surface area contributed by atoms with Gasteiger partial charge in [-0.15, -0.1) is 0 Å². The van der Waals surface area contributed by atoms with Crippen LogP contribution in [0.3, 0.4) is 0 Å². The Morgan fingerprint density at radius 3 is 2.94 bits per heavy atom. The molecule has 0 spiro atoms. The van der Waals surface area contributed by atoms with E-state index in [2.05, 4.69) is 4.98 Å². The van der Waals surface area contributed by atoms with Gasteiger partial charge in [-0.2, -0.15) is 0 Å². The summed E-state index contributed by atoms with van der Waals surface area (Å²) < 4.78 is 7.28. The van der Waals surface area contributed by atoms with Crippen LogP contribution >= 0.6 is 11.6 Å². The van der Waals surface area contributed by atoms with Gasteiger partial charge >= 0.3 is 0 Å². The van der Waals surface area contributed by atoms with Crippen LogP contribution in [0, 0.1) is 6.92 Å². The van der Waals surface area contributed by atoms with Crippen molar-refractivity contribution in [2.75, 3.05) is 0 Å². The molecule has 4 heteroatoms. The first-order valence-electron chi connectivity index (χ1n) is 4.93. The van der Waals surface area contributed by atoms with Gasteiger partial charge in [0.15, 0.2) is 11.0 Å². The van der Waals surface area contributed by atoms with Crippen LogP contribution in [0.2, 0.25) is 5.22 Å². The number of rotatable bonds is 1. The summed E-state index contributed by atoms with van der Waals surface area (Å²) in [6.07, 6.45) is 3.90. The average Bonchev–Trinajstić information content (AvgIpc) is 2.83. The molecule has 0 N–H and O–H groups in total. The van der Waals surface area contributed by atoms with E-state index in [4.69, 9.17) is 16.0 Å². The number of aromatic nitrogens is 2. The fraction of sp³-hybridized carbons (Fsp3) is 0.0833. The van der Waals surface area contributed by atoms with Gasteiger partial charge < -0.3 is 8.82 Å². The Balaban J connectivity index is 2.18. The molecule has 0 unspecified atom stereocenters. The zero-order valence-electron chi connectivity index (χ0n) is 8.64. The monoisotopic (exact) mass is 232 g/mol. The van der Waals surface area contributed by atoms with Gasteiger partial charge in [0.1, 0.15) is 11.3 Å². The maximum Gasteiger partial charge on any atom is 0.194 e. The van der Waals surface area contributed by atoms with Crippen LogP contribution in [0.25, 0.3) is 17.1 Å². The Morgan fingerprint density at radius 1 is 1.31 bits per heavy atom. The van der Waals surface area contributed by atoms with Crippen LogP contribution in [0.4, 0.5) is 0 Å². The number of pyridine rings is 1. The topological polar surface area (TPSA) is 30.4 Å². The Bertz CT molecular complexity index is 654. The molecule has 0 bridgehead atoms. The second-order valence-electron chi connectivity index (χ2n) is 3.70. The smallest absolute Gasteiger partial charge is 0.194 e. The van der Waals surface area contributed by atoms with Gasteiger partial charge in [-0.3, -0.25) is 0 Å². The predicted octanol–water partition coefficient (Wildman–Crippen LogP) is 3.56. The molecule has 0 aliphatic heterocycles. The van der Waals surface area contributed by atoms with Crippen LogP contribution < -0.4 is 0 Å². The molecule has 80 valence electrons. The lowest BCUT2D eigenvalue weighted by Gasteiger charge is -1.92. The SMILES string of the molecule is Cc1ccn2cc(-c3ccc(Cl)o3)nc2c1. The lowest BCUT2D eigenvalue weighted by Crippen LogP contribution is -1.81. The third kappa shape index (κ3) is 1.49. The fourth-order valence-electron chi connectivity index (χ4n) is 1.65. The minimum absolute atomic E-state index is 0.378. The van der Waals surface area contributed by atoms with E-state index in [0.717, 1.165) is 11.3 Å². The van der Waals surface area contributed by atoms with Crippen LogP contribution in [-0.2, 0) is 0 Å². The summed E-state index contributed by atoms with van der Waals surface area (Å²) in [6, 6.07) is 7.59. The number of aryl methyl sites for hydroxylation is 1. The average molecular weight is 233 g/mol. The zero-order chi connectivity index (χ0) is 11.1.